The number of fused-ring (bicyclic) bond motifs is 1. The summed E-state index contributed by atoms with van der Waals surface area (Å²) in [7, 11) is 0. The van der Waals surface area contributed by atoms with Crippen LogP contribution in [0.4, 0.5) is 5.69 Å². The zero-order valence-electron chi connectivity index (χ0n) is 12.8. The summed E-state index contributed by atoms with van der Waals surface area (Å²) < 4.78 is 7.35. The molecule has 0 bridgehead atoms. The lowest BCUT2D eigenvalue weighted by atomic mass is 9.95. The van der Waals surface area contributed by atoms with Gasteiger partial charge < -0.3 is 14.8 Å². The number of anilines is 1. The van der Waals surface area contributed by atoms with Crippen molar-refractivity contribution < 1.29 is 4.52 Å². The number of nitrogens with two attached hydrogens (primary N) is 1. The van der Waals surface area contributed by atoms with Crippen LogP contribution in [0.2, 0.25) is 0 Å². The summed E-state index contributed by atoms with van der Waals surface area (Å²) >= 11 is 0. The van der Waals surface area contributed by atoms with Gasteiger partial charge in [0.1, 0.15) is 17.3 Å². The van der Waals surface area contributed by atoms with Gasteiger partial charge in [0.2, 0.25) is 0 Å². The molecule has 21 heavy (non-hydrogen) atoms. The van der Waals surface area contributed by atoms with Crippen molar-refractivity contribution in [2.24, 2.45) is 0 Å². The van der Waals surface area contributed by atoms with E-state index in [9.17, 15) is 0 Å². The standard InChI is InChI=1S/C16H20N4O/c1-10-7-12(19-21-10)9-20-14-6-5-11(17)8-13(14)18-15(20)16(2,3)4/h5-8H,9,17H2,1-4H3. The lowest BCUT2D eigenvalue weighted by Crippen LogP contribution is -2.19. The van der Waals surface area contributed by atoms with Gasteiger partial charge in [-0.05, 0) is 25.1 Å². The fraction of sp³-hybridized carbons (Fsp3) is 0.375. The van der Waals surface area contributed by atoms with Gasteiger partial charge in [-0.15, -0.1) is 0 Å². The number of aromatic nitrogens is 3. The van der Waals surface area contributed by atoms with Crippen LogP contribution >= 0.6 is 0 Å². The number of hydrogen-bond donors (Lipinski definition) is 1. The van der Waals surface area contributed by atoms with Gasteiger partial charge >= 0.3 is 0 Å². The number of nitrogen functional groups attached to an aromatic ring is 1. The molecule has 2 heterocycles. The van der Waals surface area contributed by atoms with Crippen LogP contribution < -0.4 is 5.73 Å². The fourth-order valence-corrected chi connectivity index (χ4v) is 2.53. The summed E-state index contributed by atoms with van der Waals surface area (Å²) in [6.07, 6.45) is 0. The Balaban J connectivity index is 2.17. The van der Waals surface area contributed by atoms with E-state index in [4.69, 9.17) is 15.2 Å². The zero-order valence-corrected chi connectivity index (χ0v) is 12.8. The molecule has 0 aliphatic carbocycles. The highest BCUT2D eigenvalue weighted by Crippen LogP contribution is 2.28. The molecule has 110 valence electrons. The number of hydrogen-bond acceptors (Lipinski definition) is 4. The highest BCUT2D eigenvalue weighted by Gasteiger charge is 2.23. The Morgan fingerprint density at radius 1 is 1.24 bits per heavy atom. The maximum absolute atomic E-state index is 5.87. The Kier molecular flexibility index (Phi) is 3.01. The summed E-state index contributed by atoms with van der Waals surface area (Å²) in [4.78, 5) is 4.77. The minimum Gasteiger partial charge on any atom is -0.399 e. The summed E-state index contributed by atoms with van der Waals surface area (Å²) in [5.41, 5.74) is 9.41. The topological polar surface area (TPSA) is 69.9 Å². The Morgan fingerprint density at radius 3 is 2.62 bits per heavy atom. The molecule has 0 spiro atoms. The van der Waals surface area contributed by atoms with Crippen molar-refractivity contribution in [3.63, 3.8) is 0 Å². The monoisotopic (exact) mass is 284 g/mol. The lowest BCUT2D eigenvalue weighted by Gasteiger charge is -2.19. The molecule has 0 aliphatic heterocycles. The van der Waals surface area contributed by atoms with E-state index in [1.54, 1.807) is 0 Å². The first-order valence-electron chi connectivity index (χ1n) is 7.03. The number of aryl methyl sites for hydroxylation is 1. The Hall–Kier alpha value is -2.30. The second-order valence-electron chi connectivity index (χ2n) is 6.45. The molecule has 0 radical (unpaired) electrons. The predicted molar refractivity (Wildman–Crippen MR) is 83.2 cm³/mol. The normalized spacial score (nSPS) is 12.2. The maximum Gasteiger partial charge on any atom is 0.133 e. The molecule has 0 aliphatic rings. The molecule has 1 aromatic carbocycles. The molecule has 5 nitrogen and oxygen atoms in total. The van der Waals surface area contributed by atoms with Crippen molar-refractivity contribution in [3.8, 4) is 0 Å². The van der Waals surface area contributed by atoms with E-state index < -0.39 is 0 Å². The van der Waals surface area contributed by atoms with Crippen molar-refractivity contribution in [2.45, 2.75) is 39.7 Å². The van der Waals surface area contributed by atoms with E-state index >= 15 is 0 Å². The molecule has 0 saturated heterocycles. The van der Waals surface area contributed by atoms with Crippen molar-refractivity contribution in [2.75, 3.05) is 5.73 Å². The average molecular weight is 284 g/mol. The minimum absolute atomic E-state index is 0.0629. The van der Waals surface area contributed by atoms with Gasteiger partial charge in [0.25, 0.3) is 0 Å². The molecule has 2 N–H and O–H groups in total. The van der Waals surface area contributed by atoms with Gasteiger partial charge in [-0.3, -0.25) is 0 Å². The van der Waals surface area contributed by atoms with Crippen LogP contribution in [0.3, 0.4) is 0 Å². The largest absolute Gasteiger partial charge is 0.399 e. The highest BCUT2D eigenvalue weighted by molar-refractivity contribution is 5.80. The number of rotatable bonds is 2. The third kappa shape index (κ3) is 2.51. The summed E-state index contributed by atoms with van der Waals surface area (Å²) in [6.45, 7) is 9.00. The average Bonchev–Trinajstić information content (AvgIpc) is 2.93. The Labute approximate surface area is 123 Å². The van der Waals surface area contributed by atoms with Crippen molar-refractivity contribution in [3.05, 3.63) is 41.5 Å². The summed E-state index contributed by atoms with van der Waals surface area (Å²) in [5.74, 6) is 1.83. The van der Waals surface area contributed by atoms with Gasteiger partial charge in [0.05, 0.1) is 17.6 Å². The van der Waals surface area contributed by atoms with Gasteiger partial charge in [-0.25, -0.2) is 4.98 Å². The van der Waals surface area contributed by atoms with Gasteiger partial charge in [0, 0.05) is 17.2 Å². The Bertz CT molecular complexity index is 792. The SMILES string of the molecule is Cc1cc(Cn2c(C(C)(C)C)nc3cc(N)ccc32)no1. The van der Waals surface area contributed by atoms with E-state index in [1.165, 1.54) is 0 Å². The molecule has 0 fully saturated rings. The Morgan fingerprint density at radius 2 is 2.00 bits per heavy atom. The molecule has 0 unspecified atom stereocenters. The maximum atomic E-state index is 5.87. The van der Waals surface area contributed by atoms with E-state index in [0.717, 1.165) is 34.0 Å². The van der Waals surface area contributed by atoms with Gasteiger partial charge in [-0.2, -0.15) is 0 Å². The van der Waals surface area contributed by atoms with Gasteiger partial charge in [-0.1, -0.05) is 25.9 Å². The fourth-order valence-electron chi connectivity index (χ4n) is 2.53. The molecular weight excluding hydrogens is 264 g/mol. The van der Waals surface area contributed by atoms with E-state index in [1.807, 2.05) is 31.2 Å². The zero-order chi connectivity index (χ0) is 15.2. The summed E-state index contributed by atoms with van der Waals surface area (Å²) in [6, 6.07) is 7.78. The van der Waals surface area contributed by atoms with E-state index in [-0.39, 0.29) is 5.41 Å². The highest BCUT2D eigenvalue weighted by atomic mass is 16.5. The molecule has 0 amide bonds. The smallest absolute Gasteiger partial charge is 0.133 e. The molecule has 3 aromatic rings. The van der Waals surface area contributed by atoms with Crippen LogP contribution in [0.25, 0.3) is 11.0 Å². The first kappa shape index (κ1) is 13.7. The molecule has 0 saturated carbocycles. The number of benzene rings is 1. The first-order chi connectivity index (χ1) is 9.84. The summed E-state index contributed by atoms with van der Waals surface area (Å²) in [5, 5.41) is 4.09. The van der Waals surface area contributed by atoms with Crippen molar-refractivity contribution >= 4 is 16.7 Å². The first-order valence-corrected chi connectivity index (χ1v) is 7.03. The van der Waals surface area contributed by atoms with Crippen LogP contribution in [0, 0.1) is 6.92 Å². The van der Waals surface area contributed by atoms with Crippen LogP contribution in [-0.4, -0.2) is 14.7 Å². The molecule has 3 rings (SSSR count). The molecule has 2 aromatic heterocycles. The van der Waals surface area contributed by atoms with E-state index in [0.29, 0.717) is 6.54 Å². The van der Waals surface area contributed by atoms with Crippen LogP contribution in [0.1, 0.15) is 38.0 Å². The van der Waals surface area contributed by atoms with Crippen LogP contribution in [0.5, 0.6) is 0 Å². The third-order valence-electron chi connectivity index (χ3n) is 3.44. The molecule has 5 heteroatoms. The second kappa shape index (κ2) is 4.62. The van der Waals surface area contributed by atoms with Crippen molar-refractivity contribution in [1.82, 2.24) is 14.7 Å². The van der Waals surface area contributed by atoms with E-state index in [2.05, 4.69) is 30.5 Å². The number of nitrogens with zero attached hydrogens (tertiary/aromatic N) is 3. The quantitative estimate of drug-likeness (QED) is 0.733. The van der Waals surface area contributed by atoms with Crippen LogP contribution in [0.15, 0.2) is 28.8 Å². The second-order valence-corrected chi connectivity index (χ2v) is 6.45. The van der Waals surface area contributed by atoms with Crippen LogP contribution in [-0.2, 0) is 12.0 Å². The predicted octanol–water partition coefficient (Wildman–Crippen LogP) is 3.26. The van der Waals surface area contributed by atoms with Gasteiger partial charge in [0.15, 0.2) is 0 Å². The van der Waals surface area contributed by atoms with Crippen molar-refractivity contribution in [1.29, 1.82) is 0 Å². The third-order valence-corrected chi connectivity index (χ3v) is 3.44. The minimum atomic E-state index is -0.0629. The lowest BCUT2D eigenvalue weighted by molar-refractivity contribution is 0.388. The molecular formula is C16H20N4O. The number of imidazole rings is 1. The molecule has 0 atom stereocenters.